The van der Waals surface area contributed by atoms with E-state index in [4.69, 9.17) is 31.1 Å². The topological polar surface area (TPSA) is 122 Å². The zero-order valence-corrected chi connectivity index (χ0v) is 21.5. The molecule has 3 rings (SSSR count). The molecule has 0 aliphatic heterocycles. The van der Waals surface area contributed by atoms with Gasteiger partial charge in [0.25, 0.3) is 11.8 Å². The molecule has 0 unspecified atom stereocenters. The van der Waals surface area contributed by atoms with E-state index < -0.39 is 17.9 Å². The number of carbonyl (C=O) groups is 2. The average molecular weight is 535 g/mol. The largest absolute Gasteiger partial charge is 0.490 e. The van der Waals surface area contributed by atoms with Gasteiger partial charge in [-0.25, -0.2) is 5.43 Å². The minimum absolute atomic E-state index is 0.108. The third-order valence-corrected chi connectivity index (χ3v) is 5.32. The van der Waals surface area contributed by atoms with Gasteiger partial charge >= 0.3 is 0 Å². The Morgan fingerprint density at radius 3 is 2.50 bits per heavy atom. The predicted molar refractivity (Wildman–Crippen MR) is 143 cm³/mol. The Morgan fingerprint density at radius 2 is 1.79 bits per heavy atom. The molecule has 0 aromatic heterocycles. The maximum Gasteiger partial charge on any atom is 0.262 e. The molecule has 1 atom stereocenters. The van der Waals surface area contributed by atoms with E-state index in [0.717, 1.165) is 5.56 Å². The summed E-state index contributed by atoms with van der Waals surface area (Å²) in [6, 6.07) is 22.0. The number of hydrogen-bond donors (Lipinski definition) is 2. The molecule has 0 spiro atoms. The van der Waals surface area contributed by atoms with Crippen LogP contribution in [-0.2, 0) is 16.0 Å². The first-order valence-corrected chi connectivity index (χ1v) is 12.2. The lowest BCUT2D eigenvalue weighted by Crippen LogP contribution is -2.48. The number of nitrogens with zero attached hydrogens (tertiary/aromatic N) is 2. The molecule has 2 N–H and O–H groups in total. The molecule has 0 radical (unpaired) electrons. The Labute approximate surface area is 226 Å². The summed E-state index contributed by atoms with van der Waals surface area (Å²) in [6.07, 6.45) is 1.70. The zero-order chi connectivity index (χ0) is 27.2. The Kier molecular flexibility index (Phi) is 11.0. The van der Waals surface area contributed by atoms with E-state index in [9.17, 15) is 9.59 Å². The van der Waals surface area contributed by atoms with Crippen molar-refractivity contribution >= 4 is 29.6 Å². The third-order valence-electron chi connectivity index (χ3n) is 5.07. The number of rotatable bonds is 13. The Hall–Kier alpha value is -4.55. The van der Waals surface area contributed by atoms with Crippen LogP contribution in [0.4, 0.5) is 0 Å². The first kappa shape index (κ1) is 28.0. The summed E-state index contributed by atoms with van der Waals surface area (Å²) in [5.41, 5.74) is 3.99. The molecule has 0 bridgehead atoms. The highest BCUT2D eigenvalue weighted by atomic mass is 35.5. The minimum atomic E-state index is -0.892. The number of benzene rings is 3. The van der Waals surface area contributed by atoms with Gasteiger partial charge in [0.05, 0.1) is 12.8 Å². The van der Waals surface area contributed by atoms with Crippen molar-refractivity contribution in [2.75, 3.05) is 19.8 Å². The fourth-order valence-electron chi connectivity index (χ4n) is 3.33. The van der Waals surface area contributed by atoms with Crippen LogP contribution in [0.5, 0.6) is 17.2 Å². The van der Waals surface area contributed by atoms with Crippen molar-refractivity contribution in [3.05, 3.63) is 88.9 Å². The van der Waals surface area contributed by atoms with Crippen LogP contribution in [0.2, 0.25) is 5.02 Å². The van der Waals surface area contributed by atoms with Gasteiger partial charge in [0.15, 0.2) is 24.7 Å². The van der Waals surface area contributed by atoms with Crippen LogP contribution in [0.15, 0.2) is 77.9 Å². The van der Waals surface area contributed by atoms with Crippen LogP contribution in [-0.4, -0.2) is 43.9 Å². The SMILES string of the molecule is CCOc1cc(/C=N\NC(=O)[C@@H](Cc2ccccc2)NC(=O)COc2ccc(Cl)cc2)ccc1OCC#N. The maximum absolute atomic E-state index is 13.0. The van der Waals surface area contributed by atoms with Gasteiger partial charge in [-0.1, -0.05) is 41.9 Å². The second kappa shape index (κ2) is 14.9. The first-order chi connectivity index (χ1) is 18.5. The molecule has 38 heavy (non-hydrogen) atoms. The lowest BCUT2D eigenvalue weighted by Gasteiger charge is -2.17. The van der Waals surface area contributed by atoms with Crippen molar-refractivity contribution in [2.45, 2.75) is 19.4 Å². The van der Waals surface area contributed by atoms with E-state index in [1.165, 1.54) is 6.21 Å². The molecule has 0 saturated heterocycles. The summed E-state index contributed by atoms with van der Waals surface area (Å²) in [5.74, 6) is 0.404. The number of ether oxygens (including phenoxy) is 3. The number of halogens is 1. The number of carbonyl (C=O) groups excluding carboxylic acids is 2. The van der Waals surface area contributed by atoms with Crippen molar-refractivity contribution < 1.29 is 23.8 Å². The molecule has 0 heterocycles. The van der Waals surface area contributed by atoms with E-state index in [1.807, 2.05) is 43.3 Å². The first-order valence-electron chi connectivity index (χ1n) is 11.8. The van der Waals surface area contributed by atoms with Gasteiger partial charge in [-0.15, -0.1) is 0 Å². The highest BCUT2D eigenvalue weighted by Gasteiger charge is 2.21. The third kappa shape index (κ3) is 9.15. The van der Waals surface area contributed by atoms with Gasteiger partial charge in [-0.2, -0.15) is 10.4 Å². The van der Waals surface area contributed by atoms with Crippen LogP contribution in [0.25, 0.3) is 0 Å². The Bertz CT molecular complexity index is 1280. The summed E-state index contributed by atoms with van der Waals surface area (Å²) in [7, 11) is 0. The Balaban J connectivity index is 1.64. The molecule has 196 valence electrons. The van der Waals surface area contributed by atoms with Gasteiger partial charge in [-0.05, 0) is 60.5 Å². The summed E-state index contributed by atoms with van der Waals surface area (Å²) < 4.78 is 16.4. The normalized spacial score (nSPS) is 11.3. The van der Waals surface area contributed by atoms with E-state index in [0.29, 0.717) is 34.4 Å². The molecule has 0 aliphatic rings. The molecule has 0 fully saturated rings. The van der Waals surface area contributed by atoms with Crippen molar-refractivity contribution in [3.63, 3.8) is 0 Å². The fraction of sp³-hybridized carbons (Fsp3) is 0.214. The van der Waals surface area contributed by atoms with Gasteiger partial charge < -0.3 is 19.5 Å². The van der Waals surface area contributed by atoms with Gasteiger partial charge in [0, 0.05) is 11.4 Å². The number of hydrazone groups is 1. The second-order valence-electron chi connectivity index (χ2n) is 7.87. The van der Waals surface area contributed by atoms with Crippen LogP contribution >= 0.6 is 11.6 Å². The molecule has 2 amide bonds. The quantitative estimate of drug-likeness (QED) is 0.253. The average Bonchev–Trinajstić information content (AvgIpc) is 2.92. The van der Waals surface area contributed by atoms with Gasteiger partial charge in [-0.3, -0.25) is 9.59 Å². The summed E-state index contributed by atoms with van der Waals surface area (Å²) in [5, 5.41) is 16.0. The molecule has 3 aromatic rings. The summed E-state index contributed by atoms with van der Waals surface area (Å²) in [6.45, 7) is 1.85. The van der Waals surface area contributed by atoms with Crippen molar-refractivity contribution in [1.82, 2.24) is 10.7 Å². The van der Waals surface area contributed by atoms with Crippen LogP contribution < -0.4 is 25.0 Å². The Morgan fingerprint density at radius 1 is 1.03 bits per heavy atom. The fourth-order valence-corrected chi connectivity index (χ4v) is 3.45. The molecular weight excluding hydrogens is 508 g/mol. The van der Waals surface area contributed by atoms with Gasteiger partial charge in [0.1, 0.15) is 17.9 Å². The molecular formula is C28H27ClN4O5. The lowest BCUT2D eigenvalue weighted by atomic mass is 10.1. The van der Waals surface area contributed by atoms with E-state index in [2.05, 4.69) is 15.8 Å². The van der Waals surface area contributed by atoms with Gasteiger partial charge in [0.2, 0.25) is 0 Å². The standard InChI is InChI=1S/C28H27ClN4O5/c1-2-36-26-17-21(8-13-25(26)37-15-14-30)18-31-33-28(35)24(16-20-6-4-3-5-7-20)32-27(34)19-38-23-11-9-22(29)10-12-23/h3-13,17-18,24H,2,15-16,19H2,1H3,(H,32,34)(H,33,35)/b31-18-/t24-/m1/s1. The number of hydrogen-bond acceptors (Lipinski definition) is 7. The highest BCUT2D eigenvalue weighted by molar-refractivity contribution is 6.30. The predicted octanol–water partition coefficient (Wildman–Crippen LogP) is 3.90. The number of nitriles is 1. The molecule has 10 heteroatoms. The van der Waals surface area contributed by atoms with Crippen LogP contribution in [0.3, 0.4) is 0 Å². The minimum Gasteiger partial charge on any atom is -0.490 e. The van der Waals surface area contributed by atoms with Crippen molar-refractivity contribution in [3.8, 4) is 23.3 Å². The second-order valence-corrected chi connectivity index (χ2v) is 8.31. The number of nitrogens with one attached hydrogen (secondary N) is 2. The summed E-state index contributed by atoms with van der Waals surface area (Å²) in [4.78, 5) is 25.5. The highest BCUT2D eigenvalue weighted by Crippen LogP contribution is 2.28. The summed E-state index contributed by atoms with van der Waals surface area (Å²) >= 11 is 5.87. The van der Waals surface area contributed by atoms with Crippen LogP contribution in [0.1, 0.15) is 18.1 Å². The van der Waals surface area contributed by atoms with Crippen LogP contribution in [0, 0.1) is 11.3 Å². The number of amides is 2. The smallest absolute Gasteiger partial charge is 0.262 e. The monoisotopic (exact) mass is 534 g/mol. The van der Waals surface area contributed by atoms with E-state index >= 15 is 0 Å². The molecule has 9 nitrogen and oxygen atoms in total. The zero-order valence-electron chi connectivity index (χ0n) is 20.7. The van der Waals surface area contributed by atoms with E-state index in [1.54, 1.807) is 42.5 Å². The van der Waals surface area contributed by atoms with Crippen molar-refractivity contribution in [1.29, 1.82) is 5.26 Å². The van der Waals surface area contributed by atoms with E-state index in [-0.39, 0.29) is 19.6 Å². The maximum atomic E-state index is 13.0. The molecule has 0 saturated carbocycles. The lowest BCUT2D eigenvalue weighted by molar-refractivity contribution is -0.130. The molecule has 0 aliphatic carbocycles. The van der Waals surface area contributed by atoms with Crippen molar-refractivity contribution in [2.24, 2.45) is 5.10 Å². The molecule has 3 aromatic carbocycles.